The van der Waals surface area contributed by atoms with Crippen LogP contribution in [0.2, 0.25) is 0 Å². The van der Waals surface area contributed by atoms with Gasteiger partial charge in [-0.25, -0.2) is 0 Å². The quantitative estimate of drug-likeness (QED) is 0.738. The normalized spacial score (nSPS) is 17.7. The molecule has 0 spiro atoms. The minimum Gasteiger partial charge on any atom is -0.396 e. The average Bonchev–Trinajstić information content (AvgIpc) is 3.09. The van der Waals surface area contributed by atoms with Gasteiger partial charge in [-0.05, 0) is 36.8 Å². The molecule has 0 aliphatic heterocycles. The molecule has 2 N–H and O–H groups in total. The van der Waals surface area contributed by atoms with Crippen molar-refractivity contribution >= 4 is 0 Å². The van der Waals surface area contributed by atoms with E-state index < -0.39 is 0 Å². The summed E-state index contributed by atoms with van der Waals surface area (Å²) in [6.07, 6.45) is 7.16. The summed E-state index contributed by atoms with van der Waals surface area (Å²) in [6.45, 7) is 1.14. The van der Waals surface area contributed by atoms with Gasteiger partial charge in [0.2, 0.25) is 0 Å². The number of nitrogens with one attached hydrogen (secondary N) is 1. The number of aliphatic hydroxyl groups excluding tert-OH is 1. The third-order valence-electron chi connectivity index (χ3n) is 2.92. The summed E-state index contributed by atoms with van der Waals surface area (Å²) in [4.78, 5) is 4.08. The van der Waals surface area contributed by atoms with Gasteiger partial charge in [0.1, 0.15) is 0 Å². The fourth-order valence-corrected chi connectivity index (χ4v) is 1.89. The lowest BCUT2D eigenvalue weighted by Crippen LogP contribution is -2.31. The van der Waals surface area contributed by atoms with Crippen LogP contribution in [0.1, 0.15) is 24.8 Å². The molecule has 3 heteroatoms. The largest absolute Gasteiger partial charge is 0.396 e. The van der Waals surface area contributed by atoms with Gasteiger partial charge in [0.25, 0.3) is 0 Å². The molecule has 1 aromatic heterocycles. The van der Waals surface area contributed by atoms with E-state index in [-0.39, 0.29) is 6.61 Å². The van der Waals surface area contributed by atoms with E-state index in [4.69, 9.17) is 5.11 Å². The molecule has 0 saturated heterocycles. The Balaban J connectivity index is 1.80. The summed E-state index contributed by atoms with van der Waals surface area (Å²) in [5, 5.41) is 12.5. The maximum atomic E-state index is 8.96. The van der Waals surface area contributed by atoms with Gasteiger partial charge in [-0.2, -0.15) is 0 Å². The molecule has 0 amide bonds. The molecule has 82 valence electrons. The van der Waals surface area contributed by atoms with E-state index >= 15 is 0 Å². The second-order valence-electron chi connectivity index (χ2n) is 4.20. The SMILES string of the molecule is OCCC(NCc1cccnc1)C1CC1. The van der Waals surface area contributed by atoms with E-state index in [9.17, 15) is 0 Å². The summed E-state index contributed by atoms with van der Waals surface area (Å²) in [7, 11) is 0. The minimum absolute atomic E-state index is 0.279. The molecule has 2 rings (SSSR count). The zero-order valence-electron chi connectivity index (χ0n) is 8.89. The maximum Gasteiger partial charge on any atom is 0.0445 e. The fourth-order valence-electron chi connectivity index (χ4n) is 1.89. The highest BCUT2D eigenvalue weighted by Crippen LogP contribution is 2.33. The number of rotatable bonds is 6. The molecular weight excluding hydrogens is 188 g/mol. The van der Waals surface area contributed by atoms with Crippen molar-refractivity contribution in [2.24, 2.45) is 5.92 Å². The number of aliphatic hydroxyl groups is 1. The van der Waals surface area contributed by atoms with E-state index in [1.54, 1.807) is 6.20 Å². The van der Waals surface area contributed by atoms with Gasteiger partial charge in [-0.15, -0.1) is 0 Å². The summed E-state index contributed by atoms with van der Waals surface area (Å²) >= 11 is 0. The monoisotopic (exact) mass is 206 g/mol. The molecular formula is C12H18N2O. The summed E-state index contributed by atoms with van der Waals surface area (Å²) in [6, 6.07) is 4.51. The van der Waals surface area contributed by atoms with Gasteiger partial charge in [0.05, 0.1) is 0 Å². The van der Waals surface area contributed by atoms with E-state index in [1.165, 1.54) is 18.4 Å². The van der Waals surface area contributed by atoms with Crippen LogP contribution < -0.4 is 5.32 Å². The number of aromatic nitrogens is 1. The zero-order chi connectivity index (χ0) is 10.5. The van der Waals surface area contributed by atoms with Crippen molar-refractivity contribution in [3.8, 4) is 0 Å². The van der Waals surface area contributed by atoms with Crippen molar-refractivity contribution in [1.82, 2.24) is 10.3 Å². The molecule has 15 heavy (non-hydrogen) atoms. The van der Waals surface area contributed by atoms with E-state index in [1.807, 2.05) is 12.3 Å². The van der Waals surface area contributed by atoms with Crippen molar-refractivity contribution in [1.29, 1.82) is 0 Å². The predicted octanol–water partition coefficient (Wildman–Crippen LogP) is 1.33. The van der Waals surface area contributed by atoms with Crippen molar-refractivity contribution in [3.63, 3.8) is 0 Å². The number of hydrogen-bond donors (Lipinski definition) is 2. The van der Waals surface area contributed by atoms with E-state index in [0.29, 0.717) is 6.04 Å². The molecule has 1 saturated carbocycles. The summed E-state index contributed by atoms with van der Waals surface area (Å²) in [5.74, 6) is 0.786. The molecule has 1 aliphatic rings. The average molecular weight is 206 g/mol. The summed E-state index contributed by atoms with van der Waals surface area (Å²) < 4.78 is 0. The highest BCUT2D eigenvalue weighted by Gasteiger charge is 2.30. The minimum atomic E-state index is 0.279. The molecule has 0 aromatic carbocycles. The molecule has 1 atom stereocenters. The Morgan fingerprint density at radius 3 is 3.00 bits per heavy atom. The van der Waals surface area contributed by atoms with Crippen LogP contribution in [0.3, 0.4) is 0 Å². The van der Waals surface area contributed by atoms with Gasteiger partial charge in [0.15, 0.2) is 0 Å². The van der Waals surface area contributed by atoms with Crippen molar-refractivity contribution in [2.45, 2.75) is 31.8 Å². The maximum absolute atomic E-state index is 8.96. The van der Waals surface area contributed by atoms with Gasteiger partial charge in [-0.1, -0.05) is 6.07 Å². The molecule has 0 radical (unpaired) electrons. The molecule has 1 aromatic rings. The number of pyridine rings is 1. The molecule has 1 heterocycles. The Kier molecular flexibility index (Phi) is 3.69. The third-order valence-corrected chi connectivity index (χ3v) is 2.92. The second kappa shape index (κ2) is 5.24. The smallest absolute Gasteiger partial charge is 0.0445 e. The standard InChI is InChI=1S/C12H18N2O/c15-7-5-12(11-3-4-11)14-9-10-2-1-6-13-8-10/h1-2,6,8,11-12,14-15H,3-5,7,9H2. The van der Waals surface area contributed by atoms with Crippen LogP contribution in [-0.4, -0.2) is 22.7 Å². The topological polar surface area (TPSA) is 45.1 Å². The Labute approximate surface area is 90.5 Å². The van der Waals surface area contributed by atoms with Gasteiger partial charge in [-0.3, -0.25) is 4.98 Å². The molecule has 3 nitrogen and oxygen atoms in total. The Bertz CT molecular complexity index is 285. The Morgan fingerprint density at radius 1 is 1.53 bits per heavy atom. The van der Waals surface area contributed by atoms with Crippen LogP contribution in [0.5, 0.6) is 0 Å². The highest BCUT2D eigenvalue weighted by atomic mass is 16.3. The van der Waals surface area contributed by atoms with Crippen LogP contribution in [0, 0.1) is 5.92 Å². The molecule has 0 bridgehead atoms. The van der Waals surface area contributed by atoms with E-state index in [0.717, 1.165) is 18.9 Å². The van der Waals surface area contributed by atoms with Crippen LogP contribution >= 0.6 is 0 Å². The first kappa shape index (κ1) is 10.6. The Hall–Kier alpha value is -0.930. The second-order valence-corrected chi connectivity index (χ2v) is 4.20. The first-order chi connectivity index (χ1) is 7.40. The first-order valence-corrected chi connectivity index (χ1v) is 5.63. The lowest BCUT2D eigenvalue weighted by molar-refractivity contribution is 0.255. The fraction of sp³-hybridized carbons (Fsp3) is 0.583. The lowest BCUT2D eigenvalue weighted by Gasteiger charge is -2.16. The van der Waals surface area contributed by atoms with Crippen LogP contribution in [-0.2, 0) is 6.54 Å². The van der Waals surface area contributed by atoms with Gasteiger partial charge >= 0.3 is 0 Å². The molecule has 1 fully saturated rings. The predicted molar refractivity (Wildman–Crippen MR) is 59.3 cm³/mol. The molecule has 1 aliphatic carbocycles. The van der Waals surface area contributed by atoms with Crippen molar-refractivity contribution in [2.75, 3.05) is 6.61 Å². The van der Waals surface area contributed by atoms with Crippen molar-refractivity contribution < 1.29 is 5.11 Å². The van der Waals surface area contributed by atoms with E-state index in [2.05, 4.69) is 16.4 Å². The summed E-state index contributed by atoms with van der Waals surface area (Å²) in [5.41, 5.74) is 1.21. The third kappa shape index (κ3) is 3.29. The number of nitrogens with zero attached hydrogens (tertiary/aromatic N) is 1. The van der Waals surface area contributed by atoms with Crippen LogP contribution in [0.25, 0.3) is 0 Å². The van der Waals surface area contributed by atoms with Gasteiger partial charge in [0, 0.05) is 31.6 Å². The van der Waals surface area contributed by atoms with Crippen LogP contribution in [0.15, 0.2) is 24.5 Å². The lowest BCUT2D eigenvalue weighted by atomic mass is 10.1. The highest BCUT2D eigenvalue weighted by molar-refractivity contribution is 5.08. The first-order valence-electron chi connectivity index (χ1n) is 5.63. The number of hydrogen-bond acceptors (Lipinski definition) is 3. The zero-order valence-corrected chi connectivity index (χ0v) is 8.89. The van der Waals surface area contributed by atoms with Crippen molar-refractivity contribution in [3.05, 3.63) is 30.1 Å². The Morgan fingerprint density at radius 2 is 2.40 bits per heavy atom. The van der Waals surface area contributed by atoms with Gasteiger partial charge < -0.3 is 10.4 Å². The van der Waals surface area contributed by atoms with Crippen LogP contribution in [0.4, 0.5) is 0 Å². The molecule has 1 unspecified atom stereocenters.